The summed E-state index contributed by atoms with van der Waals surface area (Å²) in [4.78, 5) is 24.7. The highest BCUT2D eigenvalue weighted by atomic mass is 35.5. The van der Waals surface area contributed by atoms with E-state index in [1.54, 1.807) is 0 Å². The highest BCUT2D eigenvalue weighted by molar-refractivity contribution is 6.31. The van der Waals surface area contributed by atoms with Gasteiger partial charge in [-0.1, -0.05) is 17.7 Å². The molecule has 1 saturated heterocycles. The van der Waals surface area contributed by atoms with Gasteiger partial charge in [-0.2, -0.15) is 13.2 Å². The summed E-state index contributed by atoms with van der Waals surface area (Å²) in [6.07, 6.45) is -1.04. The van der Waals surface area contributed by atoms with Crippen LogP contribution < -0.4 is 5.73 Å². The Kier molecular flexibility index (Phi) is 5.54. The Morgan fingerprint density at radius 1 is 1.25 bits per heavy atom. The van der Waals surface area contributed by atoms with Gasteiger partial charge in [0.2, 0.25) is 11.8 Å². The highest BCUT2D eigenvalue weighted by Gasteiger charge is 2.33. The highest BCUT2D eigenvalue weighted by Crippen LogP contribution is 2.35. The van der Waals surface area contributed by atoms with E-state index in [4.69, 9.17) is 17.3 Å². The van der Waals surface area contributed by atoms with Crippen molar-refractivity contribution >= 4 is 29.5 Å². The second-order valence-corrected chi connectivity index (χ2v) is 5.98. The molecule has 2 rings (SSSR count). The second-order valence-electron chi connectivity index (χ2n) is 5.57. The Hall–Kier alpha value is -2.02. The Bertz CT molecular complexity index is 666. The van der Waals surface area contributed by atoms with Gasteiger partial charge in [-0.3, -0.25) is 9.59 Å². The molecule has 4 nitrogen and oxygen atoms in total. The molecule has 24 heavy (non-hydrogen) atoms. The van der Waals surface area contributed by atoms with Gasteiger partial charge in [0.1, 0.15) is 0 Å². The molecule has 1 aromatic carbocycles. The molecular weight excluding hydrogens is 345 g/mol. The van der Waals surface area contributed by atoms with Crippen LogP contribution in [0.1, 0.15) is 24.0 Å². The molecule has 0 spiro atoms. The van der Waals surface area contributed by atoms with Crippen LogP contribution in [0.5, 0.6) is 0 Å². The third-order valence-electron chi connectivity index (χ3n) is 3.92. The van der Waals surface area contributed by atoms with Crippen molar-refractivity contribution in [2.75, 3.05) is 13.1 Å². The molecule has 0 bridgehead atoms. The number of carbonyl (C=O) groups excluding carboxylic acids is 2. The average molecular weight is 361 g/mol. The lowest BCUT2D eigenvalue weighted by Crippen LogP contribution is -2.41. The number of amides is 2. The molecule has 0 aliphatic carbocycles. The third-order valence-corrected chi connectivity index (χ3v) is 4.25. The molecule has 0 unspecified atom stereocenters. The van der Waals surface area contributed by atoms with Gasteiger partial charge < -0.3 is 10.6 Å². The lowest BCUT2D eigenvalue weighted by molar-refractivity contribution is -0.137. The summed E-state index contributed by atoms with van der Waals surface area (Å²) in [7, 11) is 0. The Balaban J connectivity index is 2.03. The molecule has 0 aromatic heterocycles. The number of primary amides is 1. The van der Waals surface area contributed by atoms with E-state index in [2.05, 4.69) is 0 Å². The minimum Gasteiger partial charge on any atom is -0.369 e. The number of halogens is 4. The van der Waals surface area contributed by atoms with Crippen LogP contribution in [0.15, 0.2) is 24.3 Å². The number of benzene rings is 1. The number of nitrogens with two attached hydrogens (primary N) is 1. The van der Waals surface area contributed by atoms with Crippen molar-refractivity contribution in [2.45, 2.75) is 19.0 Å². The molecule has 2 amide bonds. The third kappa shape index (κ3) is 4.50. The van der Waals surface area contributed by atoms with E-state index >= 15 is 0 Å². The average Bonchev–Trinajstić information content (AvgIpc) is 2.52. The predicted octanol–water partition coefficient (Wildman–Crippen LogP) is 3.10. The molecule has 130 valence electrons. The monoisotopic (exact) mass is 360 g/mol. The maximum absolute atomic E-state index is 12.8. The lowest BCUT2D eigenvalue weighted by atomic mass is 9.96. The van der Waals surface area contributed by atoms with Crippen LogP contribution in [0.2, 0.25) is 5.02 Å². The molecule has 8 heteroatoms. The van der Waals surface area contributed by atoms with Gasteiger partial charge in [0.05, 0.1) is 10.6 Å². The fraction of sp³-hybridized carbons (Fsp3) is 0.375. The first-order chi connectivity index (χ1) is 11.2. The molecule has 1 aromatic rings. The molecule has 1 aliphatic heterocycles. The Morgan fingerprint density at radius 3 is 2.42 bits per heavy atom. The number of hydrogen-bond donors (Lipinski definition) is 1. The van der Waals surface area contributed by atoms with Crippen LogP contribution in [0, 0.1) is 5.92 Å². The maximum atomic E-state index is 12.8. The number of piperidine rings is 1. The van der Waals surface area contributed by atoms with Crippen LogP contribution >= 0.6 is 11.6 Å². The lowest BCUT2D eigenvalue weighted by Gasteiger charge is -2.29. The predicted molar refractivity (Wildman–Crippen MR) is 84.0 cm³/mol. The quantitative estimate of drug-likeness (QED) is 0.842. The molecule has 1 heterocycles. The largest absolute Gasteiger partial charge is 0.417 e. The number of likely N-dealkylation sites (tertiary alicyclic amines) is 1. The van der Waals surface area contributed by atoms with E-state index in [0.717, 1.165) is 12.1 Å². The topological polar surface area (TPSA) is 63.4 Å². The smallest absolute Gasteiger partial charge is 0.369 e. The van der Waals surface area contributed by atoms with Crippen molar-refractivity contribution in [3.8, 4) is 0 Å². The van der Waals surface area contributed by atoms with Gasteiger partial charge in [0.25, 0.3) is 0 Å². The fourth-order valence-corrected chi connectivity index (χ4v) is 2.75. The zero-order valence-electron chi connectivity index (χ0n) is 12.6. The van der Waals surface area contributed by atoms with Gasteiger partial charge in [0.15, 0.2) is 0 Å². The van der Waals surface area contributed by atoms with Crippen LogP contribution in [0.3, 0.4) is 0 Å². The first kappa shape index (κ1) is 18.3. The van der Waals surface area contributed by atoms with Gasteiger partial charge in [-0.15, -0.1) is 0 Å². The van der Waals surface area contributed by atoms with E-state index in [-0.39, 0.29) is 28.3 Å². The summed E-state index contributed by atoms with van der Waals surface area (Å²) >= 11 is 5.55. The first-order valence-corrected chi connectivity index (χ1v) is 7.69. The summed E-state index contributed by atoms with van der Waals surface area (Å²) in [5, 5.41) is -0.389. The zero-order chi connectivity index (χ0) is 17.9. The standard InChI is InChI=1S/C16H16ClF3N2O2/c17-13-3-1-10(9-12(13)16(18,19)20)2-4-14(23)22-7-5-11(6-8-22)15(21)24/h1-4,9,11H,5-8H2,(H2,21,24)/b4-2+. The maximum Gasteiger partial charge on any atom is 0.417 e. The van der Waals surface area contributed by atoms with E-state index in [1.165, 1.54) is 23.1 Å². The van der Waals surface area contributed by atoms with E-state index in [0.29, 0.717) is 25.9 Å². The summed E-state index contributed by atoms with van der Waals surface area (Å²) in [6.45, 7) is 0.788. The zero-order valence-corrected chi connectivity index (χ0v) is 13.4. The van der Waals surface area contributed by atoms with Crippen molar-refractivity contribution in [1.82, 2.24) is 4.90 Å². The van der Waals surface area contributed by atoms with Crippen molar-refractivity contribution in [3.05, 3.63) is 40.4 Å². The van der Waals surface area contributed by atoms with Gasteiger partial charge >= 0.3 is 6.18 Å². The summed E-state index contributed by atoms with van der Waals surface area (Å²) in [5.74, 6) is -0.927. The van der Waals surface area contributed by atoms with Gasteiger partial charge in [-0.25, -0.2) is 0 Å². The molecule has 0 saturated carbocycles. The summed E-state index contributed by atoms with van der Waals surface area (Å²) in [6, 6.07) is 3.44. The second kappa shape index (κ2) is 7.25. The Labute approximate surface area is 142 Å². The van der Waals surface area contributed by atoms with E-state index in [9.17, 15) is 22.8 Å². The molecule has 2 N–H and O–H groups in total. The SMILES string of the molecule is NC(=O)C1CCN(C(=O)/C=C/c2ccc(Cl)c(C(F)(F)F)c2)CC1. The number of carbonyl (C=O) groups is 2. The van der Waals surface area contributed by atoms with Crippen molar-refractivity contribution in [2.24, 2.45) is 11.7 Å². The van der Waals surface area contributed by atoms with Gasteiger partial charge in [0, 0.05) is 25.1 Å². The van der Waals surface area contributed by atoms with E-state index < -0.39 is 11.7 Å². The molecular formula is C16H16ClF3N2O2. The normalized spacial score (nSPS) is 16.6. The van der Waals surface area contributed by atoms with Crippen LogP contribution in [0.4, 0.5) is 13.2 Å². The first-order valence-electron chi connectivity index (χ1n) is 7.31. The van der Waals surface area contributed by atoms with Crippen molar-refractivity contribution in [3.63, 3.8) is 0 Å². The molecule has 0 atom stereocenters. The minimum absolute atomic E-state index is 0.229. The molecule has 1 fully saturated rings. The van der Waals surface area contributed by atoms with Crippen molar-refractivity contribution in [1.29, 1.82) is 0 Å². The number of nitrogens with zero attached hydrogens (tertiary/aromatic N) is 1. The molecule has 0 radical (unpaired) electrons. The summed E-state index contributed by atoms with van der Waals surface area (Å²) < 4.78 is 38.4. The molecule has 1 aliphatic rings. The van der Waals surface area contributed by atoms with E-state index in [1.807, 2.05) is 0 Å². The number of alkyl halides is 3. The van der Waals surface area contributed by atoms with Crippen molar-refractivity contribution < 1.29 is 22.8 Å². The van der Waals surface area contributed by atoms with Crippen LogP contribution in [0.25, 0.3) is 6.08 Å². The minimum atomic E-state index is -4.55. The van der Waals surface area contributed by atoms with Gasteiger partial charge in [-0.05, 0) is 36.6 Å². The van der Waals surface area contributed by atoms with Crippen LogP contribution in [-0.4, -0.2) is 29.8 Å². The number of hydrogen-bond acceptors (Lipinski definition) is 2. The Morgan fingerprint density at radius 2 is 1.88 bits per heavy atom. The number of rotatable bonds is 3. The summed E-state index contributed by atoms with van der Waals surface area (Å²) in [5.41, 5.74) is 4.51. The fourth-order valence-electron chi connectivity index (χ4n) is 2.52. The van der Waals surface area contributed by atoms with Crippen LogP contribution in [-0.2, 0) is 15.8 Å².